The number of nitrogens with one attached hydrogen (secondary N) is 21. The van der Waals surface area contributed by atoms with Crippen molar-refractivity contribution in [3.8, 4) is 11.1 Å². The van der Waals surface area contributed by atoms with Gasteiger partial charge in [0.05, 0.1) is 27.5 Å². The number of nitrogens with two attached hydrogens (primary N) is 6. The minimum Gasteiger partial charge on any atom is -0.370 e. The highest BCUT2D eigenvalue weighted by atomic mass is 32.2. The molecule has 8 atom stereocenters. The molecular formula is C59H91F8N27O9S3. The van der Waals surface area contributed by atoms with Crippen molar-refractivity contribution in [2.45, 2.75) is 149 Å². The van der Waals surface area contributed by atoms with Crippen molar-refractivity contribution >= 4 is 125 Å². The maximum absolute atomic E-state index is 16.5. The van der Waals surface area contributed by atoms with E-state index in [-0.39, 0.29) is 133 Å². The third-order valence-corrected chi connectivity index (χ3v) is 18.0. The molecule has 2 aromatic carbocycles. The van der Waals surface area contributed by atoms with Crippen LogP contribution in [0.3, 0.4) is 0 Å². The lowest BCUT2D eigenvalue weighted by molar-refractivity contribution is -0.135. The van der Waals surface area contributed by atoms with Crippen LogP contribution in [0.15, 0.2) is 9.79 Å². The second-order valence-corrected chi connectivity index (χ2v) is 26.2. The Labute approximate surface area is 616 Å². The van der Waals surface area contributed by atoms with E-state index in [2.05, 4.69) is 92.0 Å². The number of amides is 8. The monoisotopic (exact) mass is 1570 g/mol. The minimum absolute atomic E-state index is 0.0162. The maximum atomic E-state index is 16.5. The first-order chi connectivity index (χ1) is 49.9. The molecule has 0 saturated heterocycles. The molecule has 0 fully saturated rings. The van der Waals surface area contributed by atoms with Crippen LogP contribution in [0.5, 0.6) is 0 Å². The molecule has 106 heavy (non-hydrogen) atoms. The zero-order chi connectivity index (χ0) is 79.7. The second-order valence-electron chi connectivity index (χ2n) is 23.9. The Morgan fingerprint density at radius 1 is 0.434 bits per heavy atom. The normalized spacial score (nSPS) is 17.4. The number of ketones is 1. The molecule has 4 bridgehead atoms. The highest BCUT2D eigenvalue weighted by Crippen LogP contribution is 2.42. The molecule has 0 radical (unpaired) electrons. The van der Waals surface area contributed by atoms with Crippen molar-refractivity contribution in [1.82, 2.24) is 79.2 Å². The van der Waals surface area contributed by atoms with Gasteiger partial charge in [0.2, 0.25) is 47.3 Å². The molecule has 8 amide bonds. The summed E-state index contributed by atoms with van der Waals surface area (Å²) in [5, 5.41) is 79.9. The number of thioether (sulfide) groups is 2. The molecule has 36 nitrogen and oxygen atoms in total. The average molecular weight is 1570 g/mol. The van der Waals surface area contributed by atoms with Crippen LogP contribution in [0.2, 0.25) is 0 Å². The quantitative estimate of drug-likeness (QED) is 0.00806. The van der Waals surface area contributed by atoms with E-state index in [0.717, 1.165) is 0 Å². The summed E-state index contributed by atoms with van der Waals surface area (Å²) in [4.78, 5) is 125. The van der Waals surface area contributed by atoms with Crippen molar-refractivity contribution in [2.24, 2.45) is 40.3 Å². The summed E-state index contributed by atoms with van der Waals surface area (Å²) in [5.74, 6) is -36.1. The summed E-state index contributed by atoms with van der Waals surface area (Å²) >= 11 is 3.45. The largest absolute Gasteiger partial charge is 0.370 e. The molecule has 0 aromatic heterocycles. The molecule has 2 aromatic rings. The molecule has 0 aliphatic carbocycles. The number of benzene rings is 2. The molecule has 0 spiro atoms. The second kappa shape index (κ2) is 45.3. The number of halogens is 8. The van der Waals surface area contributed by atoms with Crippen LogP contribution in [0.25, 0.3) is 11.1 Å². The molecule has 3 aliphatic rings. The van der Waals surface area contributed by atoms with E-state index in [1.165, 1.54) is 0 Å². The van der Waals surface area contributed by atoms with Crippen LogP contribution >= 0.6 is 36.3 Å². The molecule has 8 unspecified atom stereocenters. The van der Waals surface area contributed by atoms with Gasteiger partial charge in [-0.05, 0) is 77.0 Å². The van der Waals surface area contributed by atoms with Gasteiger partial charge in [-0.25, -0.2) is 35.1 Å². The van der Waals surface area contributed by atoms with Crippen molar-refractivity contribution in [3.63, 3.8) is 0 Å². The molecule has 33 N–H and O–H groups in total. The number of Topliss-reactive ketones (excluding diaryl/α,β-unsaturated/α-hetero) is 1. The van der Waals surface area contributed by atoms with E-state index >= 15 is 39.9 Å². The Balaban J connectivity index is 2.42. The standard InChI is InChI=1S/C59H91F8N27O9S3/c1-24(2)33(95)21-86-46(96)25(9-3-15-80-54(68)69)87-47(97)26(10-4-16-81-55(70)71)88-49(99)28(12-6-18-83-57(74)75)91-52(102)31-22-105-44-40(64)36(60)34(37(61)41(44)65)35-38(62)42(66)45(43(67)39(35)63)106-23-32(94-104)53(103)92-29(13-7-19-84-58(76)77)50(100)89-27(11-5-17-82-56(72)73)48(98)90-30(51(101)93-31)14-8-20-85-59(78)79/h24-32,94,104H,3-23H2,1-2H3,(H,86,96)(H,87,97)(H,88,99)(H,89,100)(H,90,98)(H,91,102)(H,92,103)(H,93,101)(H4,68,69,80)(H4,70,71,81)(H4,72,73,82)(H4,74,75,83)(H4,76,77,84)(H4,78,79,85). The van der Waals surface area contributed by atoms with Crippen molar-refractivity contribution in [3.05, 3.63) is 46.5 Å². The van der Waals surface area contributed by atoms with Gasteiger partial charge in [-0.3, -0.25) is 80.3 Å². The van der Waals surface area contributed by atoms with Crippen LogP contribution in [-0.4, -0.2) is 194 Å². The number of guanidine groups is 6. The summed E-state index contributed by atoms with van der Waals surface area (Å²) in [6.45, 7) is 1.94. The van der Waals surface area contributed by atoms with Gasteiger partial charge in [-0.1, -0.05) is 26.7 Å². The fraction of sp³-hybridized carbons (Fsp3) is 0.542. The fourth-order valence-corrected chi connectivity index (χ4v) is 12.1. The third-order valence-electron chi connectivity index (χ3n) is 15.4. The summed E-state index contributed by atoms with van der Waals surface area (Å²) < 4.78 is 133. The topological polar surface area (TPSA) is 633 Å². The first kappa shape index (κ1) is 90.2. The Hall–Kier alpha value is -10.1. The highest BCUT2D eigenvalue weighted by Gasteiger charge is 2.39. The summed E-state index contributed by atoms with van der Waals surface area (Å²) in [6.07, 6.45) is -2.78. The SMILES string of the molecule is CC(C)C(=O)CNC(=O)C(CCCNC(=N)N)NC(=O)C(CCCNC(=N)N)NC(=O)C(CCCNC(=N)N)NC(=O)C1CSc2c(F)c(F)c(c(F)c2F)-c2c(F)c(F)c(c(F)c2F)SCC(NS)C(=O)NC(CCCNC(=N)N)C(=O)NC(CCCNC(=N)N)C(=O)NC(CCCNC(=N)N)C(=O)N1. The van der Waals surface area contributed by atoms with Gasteiger partial charge in [0.25, 0.3) is 0 Å². The van der Waals surface area contributed by atoms with Gasteiger partial charge >= 0.3 is 0 Å². The minimum atomic E-state index is -2.67. The van der Waals surface area contributed by atoms with E-state index in [1.807, 2.05) is 0 Å². The van der Waals surface area contributed by atoms with Gasteiger partial charge < -0.3 is 109 Å². The lowest BCUT2D eigenvalue weighted by Crippen LogP contribution is -2.61. The summed E-state index contributed by atoms with van der Waals surface area (Å²) in [7, 11) is 0. The Morgan fingerprint density at radius 3 is 1.07 bits per heavy atom. The third kappa shape index (κ3) is 29.8. The Morgan fingerprint density at radius 2 is 0.736 bits per heavy atom. The van der Waals surface area contributed by atoms with Crippen LogP contribution < -0.4 is 114 Å². The number of hydrogen-bond acceptors (Lipinski definition) is 19. The van der Waals surface area contributed by atoms with E-state index in [1.54, 1.807) is 13.8 Å². The van der Waals surface area contributed by atoms with Gasteiger partial charge in [0.15, 0.2) is 88.1 Å². The zero-order valence-corrected chi connectivity index (χ0v) is 60.0. The molecule has 0 saturated carbocycles. The molecule has 590 valence electrons. The maximum Gasteiger partial charge on any atom is 0.244 e. The molecule has 5 rings (SSSR count). The van der Waals surface area contributed by atoms with Gasteiger partial charge in [-0.2, -0.15) is 0 Å². The molecule has 3 aliphatic heterocycles. The number of carbonyl (C=O) groups excluding carboxylic acids is 9. The van der Waals surface area contributed by atoms with E-state index in [0.29, 0.717) is 0 Å². The van der Waals surface area contributed by atoms with Crippen molar-refractivity contribution < 1.29 is 78.3 Å². The summed E-state index contributed by atoms with van der Waals surface area (Å²) in [6, 6.07) is -14.5. The highest BCUT2D eigenvalue weighted by molar-refractivity contribution is 7.99. The number of rotatable bonds is 35. The van der Waals surface area contributed by atoms with Crippen molar-refractivity contribution in [1.29, 1.82) is 32.5 Å². The molecular weight excluding hydrogens is 1480 g/mol. The van der Waals surface area contributed by atoms with Crippen LogP contribution in [0.4, 0.5) is 35.1 Å². The average Bonchev–Trinajstić information content (AvgIpc) is 0.750. The predicted octanol–water partition coefficient (Wildman–Crippen LogP) is -3.22. The first-order valence-electron chi connectivity index (χ1n) is 32.7. The van der Waals surface area contributed by atoms with Crippen LogP contribution in [0, 0.1) is 84.9 Å². The predicted molar refractivity (Wildman–Crippen MR) is 380 cm³/mol. The fourth-order valence-electron chi connectivity index (χ4n) is 9.80. The van der Waals surface area contributed by atoms with E-state index < -0.39 is 236 Å². The lowest BCUT2D eigenvalue weighted by atomic mass is 10.0. The summed E-state index contributed by atoms with van der Waals surface area (Å²) in [5.41, 5.74) is 28.1. The van der Waals surface area contributed by atoms with Gasteiger partial charge in [0.1, 0.15) is 48.3 Å². The van der Waals surface area contributed by atoms with Gasteiger partial charge in [0, 0.05) is 56.7 Å². The molecule has 47 heteroatoms. The number of fused-ring (bicyclic) bond motifs is 2. The lowest BCUT2D eigenvalue weighted by Gasteiger charge is -2.28. The van der Waals surface area contributed by atoms with E-state index in [4.69, 9.17) is 66.9 Å². The van der Waals surface area contributed by atoms with Gasteiger partial charge in [-0.15, -0.1) is 23.5 Å². The number of hydrogen-bond donors (Lipinski definition) is 28. The Kier molecular flexibility index (Phi) is 38.6. The first-order valence-corrected chi connectivity index (χ1v) is 35.1. The van der Waals surface area contributed by atoms with Crippen LogP contribution in [-0.2, 0) is 43.2 Å². The molecule has 3 heterocycles. The smallest absolute Gasteiger partial charge is 0.244 e. The number of carbonyl (C=O) groups is 9. The Bertz CT molecular complexity index is 3480. The van der Waals surface area contributed by atoms with E-state index in [9.17, 15) is 38.4 Å². The van der Waals surface area contributed by atoms with Crippen LogP contribution in [0.1, 0.15) is 90.9 Å². The zero-order valence-electron chi connectivity index (χ0n) is 57.5. The van der Waals surface area contributed by atoms with Crippen molar-refractivity contribution in [2.75, 3.05) is 57.3 Å². The number of thiol groups is 1.